The van der Waals surface area contributed by atoms with Crippen molar-refractivity contribution in [3.63, 3.8) is 0 Å². The Balaban J connectivity index is 1.52. The van der Waals surface area contributed by atoms with E-state index < -0.39 is 24.5 Å². The van der Waals surface area contributed by atoms with Crippen molar-refractivity contribution in [3.05, 3.63) is 59.1 Å². The molecular weight excluding hydrogens is 380 g/mol. The minimum Gasteiger partial charge on any atom is -0.459 e. The van der Waals surface area contributed by atoms with Gasteiger partial charge in [0.2, 0.25) is 0 Å². The van der Waals surface area contributed by atoms with E-state index in [-0.39, 0.29) is 6.10 Å². The molecular formula is C20H18N2O5S. The molecule has 0 aliphatic carbocycles. The lowest BCUT2D eigenvalue weighted by atomic mass is 10.2. The number of nitrogens with zero attached hydrogens (tertiary/aromatic N) is 1. The van der Waals surface area contributed by atoms with Gasteiger partial charge >= 0.3 is 11.9 Å². The van der Waals surface area contributed by atoms with Gasteiger partial charge in [0.15, 0.2) is 6.61 Å². The molecule has 1 amide bonds. The van der Waals surface area contributed by atoms with Crippen molar-refractivity contribution < 1.29 is 23.9 Å². The van der Waals surface area contributed by atoms with E-state index in [2.05, 4.69) is 10.3 Å². The van der Waals surface area contributed by atoms with Crippen LogP contribution in [-0.2, 0) is 14.3 Å². The van der Waals surface area contributed by atoms with Gasteiger partial charge in [0.25, 0.3) is 5.91 Å². The Morgan fingerprint density at radius 1 is 1.04 bits per heavy atom. The number of rotatable bonds is 6. The van der Waals surface area contributed by atoms with Gasteiger partial charge in [-0.25, -0.2) is 14.6 Å². The average molecular weight is 398 g/mol. The van der Waals surface area contributed by atoms with E-state index in [1.165, 1.54) is 11.3 Å². The number of esters is 2. The van der Waals surface area contributed by atoms with Gasteiger partial charge in [-0.3, -0.25) is 4.79 Å². The van der Waals surface area contributed by atoms with Gasteiger partial charge in [-0.15, -0.1) is 11.3 Å². The Hall–Kier alpha value is -3.26. The highest BCUT2D eigenvalue weighted by Gasteiger charge is 2.13. The first kappa shape index (κ1) is 19.5. The third-order valence-corrected chi connectivity index (χ3v) is 4.44. The summed E-state index contributed by atoms with van der Waals surface area (Å²) in [5.74, 6) is -1.50. The van der Waals surface area contributed by atoms with Gasteiger partial charge in [-0.05, 0) is 56.3 Å². The molecule has 3 rings (SSSR count). The van der Waals surface area contributed by atoms with Crippen molar-refractivity contribution in [1.29, 1.82) is 0 Å². The maximum Gasteiger partial charge on any atom is 0.338 e. The zero-order valence-corrected chi connectivity index (χ0v) is 16.1. The first-order valence-electron chi connectivity index (χ1n) is 8.53. The summed E-state index contributed by atoms with van der Waals surface area (Å²) >= 11 is 1.42. The van der Waals surface area contributed by atoms with Crippen molar-refractivity contribution in [2.24, 2.45) is 0 Å². The van der Waals surface area contributed by atoms with Crippen LogP contribution in [0.3, 0.4) is 0 Å². The molecule has 0 bridgehead atoms. The number of nitrogens with one attached hydrogen (secondary N) is 1. The number of carbonyl (C=O) groups excluding carboxylic acids is 3. The SMILES string of the molecule is CC(C)OC(=O)c1ccc(NC(=O)COC(=O)c2ccc3ncsc3c2)cc1. The van der Waals surface area contributed by atoms with E-state index in [1.807, 2.05) is 0 Å². The molecule has 2 aromatic carbocycles. The largest absolute Gasteiger partial charge is 0.459 e. The highest BCUT2D eigenvalue weighted by Crippen LogP contribution is 2.19. The highest BCUT2D eigenvalue weighted by molar-refractivity contribution is 7.16. The van der Waals surface area contributed by atoms with Gasteiger partial charge in [0, 0.05) is 5.69 Å². The molecule has 1 heterocycles. The fourth-order valence-corrected chi connectivity index (χ4v) is 3.08. The predicted molar refractivity (Wildman–Crippen MR) is 106 cm³/mol. The maximum absolute atomic E-state index is 12.1. The number of benzene rings is 2. The van der Waals surface area contributed by atoms with Crippen molar-refractivity contribution >= 4 is 45.1 Å². The zero-order valence-electron chi connectivity index (χ0n) is 15.3. The molecule has 0 saturated carbocycles. The van der Waals surface area contributed by atoms with Gasteiger partial charge in [-0.1, -0.05) is 0 Å². The molecule has 0 spiro atoms. The van der Waals surface area contributed by atoms with Gasteiger partial charge in [0.05, 0.1) is 33.0 Å². The molecule has 3 aromatic rings. The summed E-state index contributed by atoms with van der Waals surface area (Å²) in [7, 11) is 0. The molecule has 144 valence electrons. The lowest BCUT2D eigenvalue weighted by molar-refractivity contribution is -0.119. The monoisotopic (exact) mass is 398 g/mol. The number of hydrogen-bond donors (Lipinski definition) is 1. The summed E-state index contributed by atoms with van der Waals surface area (Å²) < 4.78 is 11.0. The summed E-state index contributed by atoms with van der Waals surface area (Å²) in [6.07, 6.45) is -0.210. The second-order valence-electron chi connectivity index (χ2n) is 6.19. The summed E-state index contributed by atoms with van der Waals surface area (Å²) in [6, 6.07) is 11.3. The molecule has 0 aliphatic heterocycles. The van der Waals surface area contributed by atoms with E-state index in [0.717, 1.165) is 10.2 Å². The van der Waals surface area contributed by atoms with Crippen LogP contribution in [0.4, 0.5) is 5.69 Å². The lowest BCUT2D eigenvalue weighted by Gasteiger charge is -2.09. The fourth-order valence-electron chi connectivity index (χ4n) is 2.37. The van der Waals surface area contributed by atoms with E-state index in [4.69, 9.17) is 9.47 Å². The van der Waals surface area contributed by atoms with Crippen LogP contribution in [0.15, 0.2) is 48.0 Å². The third kappa shape index (κ3) is 4.92. The molecule has 0 unspecified atom stereocenters. The first-order valence-corrected chi connectivity index (χ1v) is 9.41. The van der Waals surface area contributed by atoms with E-state index in [9.17, 15) is 14.4 Å². The molecule has 0 fully saturated rings. The number of anilines is 1. The zero-order chi connectivity index (χ0) is 20.1. The minimum absolute atomic E-state index is 0.210. The van der Waals surface area contributed by atoms with Crippen molar-refractivity contribution in [2.45, 2.75) is 20.0 Å². The van der Waals surface area contributed by atoms with Crippen molar-refractivity contribution in [1.82, 2.24) is 4.98 Å². The molecule has 28 heavy (non-hydrogen) atoms. The third-order valence-electron chi connectivity index (χ3n) is 3.65. The molecule has 7 nitrogen and oxygen atoms in total. The molecule has 0 aliphatic rings. The summed E-state index contributed by atoms with van der Waals surface area (Å²) in [4.78, 5) is 40.0. The summed E-state index contributed by atoms with van der Waals surface area (Å²) in [6.45, 7) is 3.11. The lowest BCUT2D eigenvalue weighted by Crippen LogP contribution is -2.21. The average Bonchev–Trinajstić information content (AvgIpc) is 3.14. The second-order valence-corrected chi connectivity index (χ2v) is 7.08. The number of fused-ring (bicyclic) bond motifs is 1. The number of carbonyl (C=O) groups is 3. The standard InChI is InChI=1S/C20H18N2O5S/c1-12(2)27-20(25)13-3-6-15(7-4-13)22-18(23)10-26-19(24)14-5-8-16-17(9-14)28-11-21-16/h3-9,11-12H,10H2,1-2H3,(H,22,23). The molecule has 0 atom stereocenters. The van der Waals surface area contributed by atoms with Crippen LogP contribution >= 0.6 is 11.3 Å². The minimum atomic E-state index is -0.586. The maximum atomic E-state index is 12.1. The normalized spacial score (nSPS) is 10.7. The molecule has 1 aromatic heterocycles. The van der Waals surface area contributed by atoms with Crippen LogP contribution in [0, 0.1) is 0 Å². The molecule has 0 saturated heterocycles. The van der Waals surface area contributed by atoms with Crippen LogP contribution < -0.4 is 5.32 Å². The Kier molecular flexibility index (Phi) is 6.00. The highest BCUT2D eigenvalue weighted by atomic mass is 32.1. The number of aromatic nitrogens is 1. The molecule has 0 radical (unpaired) electrons. The summed E-state index contributed by atoms with van der Waals surface area (Å²) in [5.41, 5.74) is 3.73. The number of ether oxygens (including phenoxy) is 2. The van der Waals surface area contributed by atoms with Crippen LogP contribution in [0.2, 0.25) is 0 Å². The van der Waals surface area contributed by atoms with Crippen molar-refractivity contribution in [2.75, 3.05) is 11.9 Å². The first-order chi connectivity index (χ1) is 13.4. The Labute approximate surface area is 165 Å². The Morgan fingerprint density at radius 2 is 1.75 bits per heavy atom. The number of hydrogen-bond acceptors (Lipinski definition) is 7. The summed E-state index contributed by atoms with van der Waals surface area (Å²) in [5, 5.41) is 2.60. The number of amides is 1. The van der Waals surface area contributed by atoms with Crippen LogP contribution in [0.1, 0.15) is 34.6 Å². The molecule has 8 heteroatoms. The van der Waals surface area contributed by atoms with Crippen LogP contribution in [-0.4, -0.2) is 35.5 Å². The topological polar surface area (TPSA) is 94.6 Å². The Morgan fingerprint density at radius 3 is 2.46 bits per heavy atom. The smallest absolute Gasteiger partial charge is 0.338 e. The Bertz CT molecular complexity index is 1010. The quantitative estimate of drug-likeness (QED) is 0.637. The van der Waals surface area contributed by atoms with Gasteiger partial charge in [-0.2, -0.15) is 0 Å². The predicted octanol–water partition coefficient (Wildman–Crippen LogP) is 3.66. The van der Waals surface area contributed by atoms with E-state index in [0.29, 0.717) is 16.8 Å². The fraction of sp³-hybridized carbons (Fsp3) is 0.200. The van der Waals surface area contributed by atoms with E-state index >= 15 is 0 Å². The molecule has 1 N–H and O–H groups in total. The number of thiazole rings is 1. The van der Waals surface area contributed by atoms with Crippen LogP contribution in [0.25, 0.3) is 10.2 Å². The second kappa shape index (κ2) is 8.62. The van der Waals surface area contributed by atoms with Gasteiger partial charge in [0.1, 0.15) is 0 Å². The van der Waals surface area contributed by atoms with Crippen molar-refractivity contribution in [3.8, 4) is 0 Å². The van der Waals surface area contributed by atoms with Crippen LogP contribution in [0.5, 0.6) is 0 Å². The van der Waals surface area contributed by atoms with E-state index in [1.54, 1.807) is 61.8 Å². The van der Waals surface area contributed by atoms with Gasteiger partial charge < -0.3 is 14.8 Å².